The summed E-state index contributed by atoms with van der Waals surface area (Å²) in [5, 5.41) is 17.8. The Kier molecular flexibility index (Phi) is 2.99. The van der Waals surface area contributed by atoms with Gasteiger partial charge in [-0.05, 0) is 17.7 Å². The van der Waals surface area contributed by atoms with Crippen LogP contribution in [0.25, 0.3) is 0 Å². The summed E-state index contributed by atoms with van der Waals surface area (Å²) in [4.78, 5) is 4.02. The number of hydrogen-bond acceptors (Lipinski definition) is 3. The van der Waals surface area contributed by atoms with Crippen LogP contribution in [-0.4, -0.2) is 14.7 Å². The minimum Gasteiger partial charge on any atom is -0.388 e. The molecule has 0 saturated heterocycles. The van der Waals surface area contributed by atoms with E-state index in [0.29, 0.717) is 17.9 Å². The normalized spacial score (nSPS) is 10.0. The predicted molar refractivity (Wildman–Crippen MR) is 58.4 cm³/mol. The van der Waals surface area contributed by atoms with Crippen molar-refractivity contribution >= 4 is 0 Å². The van der Waals surface area contributed by atoms with E-state index in [0.717, 1.165) is 5.56 Å². The standard InChI is InChI=1S/C12H11N3O/c13-7-10-2-1-3-11(6-10)8-15-5-4-14-12(15)9-16/h1-6,16H,8-9H2. The topological polar surface area (TPSA) is 61.8 Å². The maximum atomic E-state index is 9.05. The zero-order chi connectivity index (χ0) is 11.4. The van der Waals surface area contributed by atoms with Gasteiger partial charge in [-0.15, -0.1) is 0 Å². The van der Waals surface area contributed by atoms with E-state index in [1.54, 1.807) is 12.3 Å². The van der Waals surface area contributed by atoms with Crippen LogP contribution >= 0.6 is 0 Å². The number of nitriles is 1. The molecule has 0 atom stereocenters. The number of rotatable bonds is 3. The number of benzene rings is 1. The first kappa shape index (κ1) is 10.4. The van der Waals surface area contributed by atoms with Crippen LogP contribution in [0.15, 0.2) is 36.7 Å². The molecule has 80 valence electrons. The molecule has 0 aliphatic heterocycles. The zero-order valence-electron chi connectivity index (χ0n) is 8.67. The van der Waals surface area contributed by atoms with Crippen molar-refractivity contribution < 1.29 is 5.11 Å². The highest BCUT2D eigenvalue weighted by atomic mass is 16.3. The first-order valence-corrected chi connectivity index (χ1v) is 4.93. The Morgan fingerprint density at radius 3 is 3.06 bits per heavy atom. The average Bonchev–Trinajstić information content (AvgIpc) is 2.76. The zero-order valence-corrected chi connectivity index (χ0v) is 8.67. The van der Waals surface area contributed by atoms with Crippen LogP contribution < -0.4 is 0 Å². The van der Waals surface area contributed by atoms with Crippen LogP contribution in [0.3, 0.4) is 0 Å². The quantitative estimate of drug-likeness (QED) is 0.835. The third-order valence-electron chi connectivity index (χ3n) is 2.35. The number of aliphatic hydroxyl groups excluding tert-OH is 1. The van der Waals surface area contributed by atoms with Gasteiger partial charge in [0.25, 0.3) is 0 Å². The van der Waals surface area contributed by atoms with Gasteiger partial charge in [-0.2, -0.15) is 5.26 Å². The van der Waals surface area contributed by atoms with E-state index in [-0.39, 0.29) is 6.61 Å². The van der Waals surface area contributed by atoms with Gasteiger partial charge in [0.2, 0.25) is 0 Å². The van der Waals surface area contributed by atoms with Crippen molar-refractivity contribution in [2.45, 2.75) is 13.2 Å². The highest BCUT2D eigenvalue weighted by molar-refractivity contribution is 5.32. The van der Waals surface area contributed by atoms with Crippen molar-refractivity contribution in [2.75, 3.05) is 0 Å². The van der Waals surface area contributed by atoms with Crippen molar-refractivity contribution in [2.24, 2.45) is 0 Å². The monoisotopic (exact) mass is 213 g/mol. The molecular weight excluding hydrogens is 202 g/mol. The highest BCUT2D eigenvalue weighted by Crippen LogP contribution is 2.08. The molecule has 1 heterocycles. The summed E-state index contributed by atoms with van der Waals surface area (Å²) in [7, 11) is 0. The Bertz CT molecular complexity index is 525. The molecule has 4 nitrogen and oxygen atoms in total. The molecule has 0 amide bonds. The molecule has 0 fully saturated rings. The second kappa shape index (κ2) is 4.60. The van der Waals surface area contributed by atoms with Gasteiger partial charge in [-0.1, -0.05) is 12.1 Å². The van der Waals surface area contributed by atoms with E-state index >= 15 is 0 Å². The molecule has 4 heteroatoms. The molecule has 2 aromatic rings. The Morgan fingerprint density at radius 1 is 1.44 bits per heavy atom. The Hall–Kier alpha value is -2.12. The van der Waals surface area contributed by atoms with Crippen molar-refractivity contribution in [3.8, 4) is 6.07 Å². The molecule has 0 radical (unpaired) electrons. The lowest BCUT2D eigenvalue weighted by Gasteiger charge is -2.06. The summed E-state index contributed by atoms with van der Waals surface area (Å²) in [5.41, 5.74) is 1.66. The van der Waals surface area contributed by atoms with E-state index < -0.39 is 0 Å². The van der Waals surface area contributed by atoms with Gasteiger partial charge >= 0.3 is 0 Å². The third kappa shape index (κ3) is 2.10. The van der Waals surface area contributed by atoms with Gasteiger partial charge in [-0.3, -0.25) is 0 Å². The van der Waals surface area contributed by atoms with Gasteiger partial charge in [-0.25, -0.2) is 4.98 Å². The van der Waals surface area contributed by atoms with E-state index in [9.17, 15) is 0 Å². The summed E-state index contributed by atoms with van der Waals surface area (Å²) in [6.07, 6.45) is 3.46. The van der Waals surface area contributed by atoms with E-state index in [1.807, 2.05) is 29.0 Å². The van der Waals surface area contributed by atoms with Crippen molar-refractivity contribution in [3.63, 3.8) is 0 Å². The number of aliphatic hydroxyl groups is 1. The maximum absolute atomic E-state index is 9.05. The number of imidazole rings is 1. The average molecular weight is 213 g/mol. The first-order chi connectivity index (χ1) is 7.83. The molecule has 0 spiro atoms. The molecule has 2 rings (SSSR count). The van der Waals surface area contributed by atoms with Crippen LogP contribution in [-0.2, 0) is 13.2 Å². The van der Waals surface area contributed by atoms with Gasteiger partial charge in [0.15, 0.2) is 0 Å². The van der Waals surface area contributed by atoms with Crippen LogP contribution in [0, 0.1) is 11.3 Å². The fourth-order valence-electron chi connectivity index (χ4n) is 1.57. The fourth-order valence-corrected chi connectivity index (χ4v) is 1.57. The molecule has 0 bridgehead atoms. The Morgan fingerprint density at radius 2 is 2.31 bits per heavy atom. The number of hydrogen-bond donors (Lipinski definition) is 1. The molecule has 0 aliphatic carbocycles. The van der Waals surface area contributed by atoms with Gasteiger partial charge < -0.3 is 9.67 Å². The number of aromatic nitrogens is 2. The summed E-state index contributed by atoms with van der Waals surface area (Å²) in [6.45, 7) is 0.538. The van der Waals surface area contributed by atoms with Crippen molar-refractivity contribution in [1.82, 2.24) is 9.55 Å². The molecule has 1 N–H and O–H groups in total. The predicted octanol–water partition coefficient (Wildman–Crippen LogP) is 1.30. The smallest absolute Gasteiger partial charge is 0.134 e. The van der Waals surface area contributed by atoms with Crippen molar-refractivity contribution in [3.05, 3.63) is 53.6 Å². The lowest BCUT2D eigenvalue weighted by molar-refractivity contribution is 0.266. The summed E-state index contributed by atoms with van der Waals surface area (Å²) < 4.78 is 1.86. The SMILES string of the molecule is N#Cc1cccc(Cn2ccnc2CO)c1. The molecule has 1 aromatic carbocycles. The summed E-state index contributed by atoms with van der Waals surface area (Å²) >= 11 is 0. The maximum Gasteiger partial charge on any atom is 0.134 e. The first-order valence-electron chi connectivity index (χ1n) is 4.93. The minimum absolute atomic E-state index is 0.0784. The fraction of sp³-hybridized carbons (Fsp3) is 0.167. The largest absolute Gasteiger partial charge is 0.388 e. The molecule has 1 aromatic heterocycles. The lowest BCUT2D eigenvalue weighted by atomic mass is 10.1. The van der Waals surface area contributed by atoms with E-state index in [1.165, 1.54) is 0 Å². The van der Waals surface area contributed by atoms with Crippen LogP contribution in [0.1, 0.15) is 17.0 Å². The number of nitrogens with zero attached hydrogens (tertiary/aromatic N) is 3. The van der Waals surface area contributed by atoms with Crippen molar-refractivity contribution in [1.29, 1.82) is 5.26 Å². The Labute approximate surface area is 93.4 Å². The second-order valence-electron chi connectivity index (χ2n) is 3.44. The summed E-state index contributed by atoms with van der Waals surface area (Å²) in [6, 6.07) is 9.50. The van der Waals surface area contributed by atoms with E-state index in [4.69, 9.17) is 10.4 Å². The van der Waals surface area contributed by atoms with Crippen LogP contribution in [0.4, 0.5) is 0 Å². The van der Waals surface area contributed by atoms with Gasteiger partial charge in [0.05, 0.1) is 11.6 Å². The van der Waals surface area contributed by atoms with Gasteiger partial charge in [0.1, 0.15) is 12.4 Å². The molecule has 0 aliphatic rings. The van der Waals surface area contributed by atoms with Gasteiger partial charge in [0, 0.05) is 18.9 Å². The third-order valence-corrected chi connectivity index (χ3v) is 2.35. The minimum atomic E-state index is -0.0784. The second-order valence-corrected chi connectivity index (χ2v) is 3.44. The summed E-state index contributed by atoms with van der Waals surface area (Å²) in [5.74, 6) is 0.627. The molecule has 16 heavy (non-hydrogen) atoms. The van der Waals surface area contributed by atoms with E-state index in [2.05, 4.69) is 11.1 Å². The Balaban J connectivity index is 2.24. The lowest BCUT2D eigenvalue weighted by Crippen LogP contribution is -2.04. The molecular formula is C12H11N3O. The van der Waals surface area contributed by atoms with Crippen LogP contribution in [0.2, 0.25) is 0 Å². The molecule has 0 saturated carbocycles. The highest BCUT2D eigenvalue weighted by Gasteiger charge is 2.02. The molecule has 0 unspecified atom stereocenters. The van der Waals surface area contributed by atoms with Crippen LogP contribution in [0.5, 0.6) is 0 Å².